The number of phenolic OH excluding ortho intramolecular Hbond substituents is 1. The smallest absolute Gasteiger partial charge is 0.134 e. The number of nitrogens with zero attached hydrogens (tertiary/aromatic N) is 1. The highest BCUT2D eigenvalue weighted by Crippen LogP contribution is 2.25. The first kappa shape index (κ1) is 13.6. The Labute approximate surface area is 117 Å². The van der Waals surface area contributed by atoms with Crippen LogP contribution in [0, 0.1) is 0 Å². The van der Waals surface area contributed by atoms with Gasteiger partial charge in [0, 0.05) is 18.7 Å². The molecule has 1 aliphatic rings. The minimum absolute atomic E-state index is 0.0759. The van der Waals surface area contributed by atoms with Gasteiger partial charge in [-0.25, -0.2) is 0 Å². The van der Waals surface area contributed by atoms with E-state index in [9.17, 15) is 5.11 Å². The number of hydrogen-bond acceptors (Lipinski definition) is 3. The number of thiocarbonyl (C=S) groups is 1. The molecule has 0 amide bonds. The Kier molecular flexibility index (Phi) is 4.10. The summed E-state index contributed by atoms with van der Waals surface area (Å²) in [5, 5.41) is 9.73. The molecule has 1 heterocycles. The fourth-order valence-corrected chi connectivity index (χ4v) is 2.62. The Morgan fingerprint density at radius 3 is 2.56 bits per heavy atom. The molecule has 1 aliphatic heterocycles. The molecule has 1 N–H and O–H groups in total. The van der Waals surface area contributed by atoms with Gasteiger partial charge in [0.2, 0.25) is 0 Å². The molecule has 2 rings (SSSR count). The van der Waals surface area contributed by atoms with Crippen molar-refractivity contribution >= 4 is 28.8 Å². The van der Waals surface area contributed by atoms with Crippen molar-refractivity contribution in [3.8, 4) is 5.75 Å². The van der Waals surface area contributed by atoms with Crippen LogP contribution in [0.4, 0.5) is 0 Å². The van der Waals surface area contributed by atoms with E-state index in [0.29, 0.717) is 5.02 Å². The van der Waals surface area contributed by atoms with Gasteiger partial charge in [-0.05, 0) is 32.0 Å². The first-order valence-electron chi connectivity index (χ1n) is 5.90. The third kappa shape index (κ3) is 2.94. The zero-order chi connectivity index (χ0) is 13.3. The Bertz CT molecular complexity index is 456. The van der Waals surface area contributed by atoms with E-state index in [-0.39, 0.29) is 18.0 Å². The standard InChI is InChI=1S/C13H16ClNO2S/c1-8-6-15(7-9(2)17-8)13(18)10-3-4-12(16)11(14)5-10/h3-5,8-9,16H,6-7H2,1-2H3/t8-,9-/m1/s1. The van der Waals surface area contributed by atoms with Gasteiger partial charge in [0.15, 0.2) is 0 Å². The maximum atomic E-state index is 9.41. The Balaban J connectivity index is 2.17. The molecule has 5 heteroatoms. The number of aromatic hydroxyl groups is 1. The van der Waals surface area contributed by atoms with Gasteiger partial charge < -0.3 is 14.7 Å². The topological polar surface area (TPSA) is 32.7 Å². The van der Waals surface area contributed by atoms with E-state index in [0.717, 1.165) is 23.6 Å². The molecular formula is C13H16ClNO2S. The summed E-state index contributed by atoms with van der Waals surface area (Å²) in [4.78, 5) is 2.87. The SMILES string of the molecule is C[C@@H]1CN(C(=S)c2ccc(O)c(Cl)c2)C[C@@H](C)O1. The lowest BCUT2D eigenvalue weighted by Crippen LogP contribution is -2.47. The molecule has 98 valence electrons. The molecule has 0 aliphatic carbocycles. The molecule has 1 aromatic rings. The van der Waals surface area contributed by atoms with Crippen LogP contribution in [0.2, 0.25) is 5.02 Å². The minimum Gasteiger partial charge on any atom is -0.506 e. The van der Waals surface area contributed by atoms with Gasteiger partial charge >= 0.3 is 0 Å². The van der Waals surface area contributed by atoms with Gasteiger partial charge in [-0.2, -0.15) is 0 Å². The molecule has 0 radical (unpaired) electrons. The molecule has 1 fully saturated rings. The number of ether oxygens (including phenoxy) is 1. The van der Waals surface area contributed by atoms with Crippen molar-refractivity contribution in [2.75, 3.05) is 13.1 Å². The van der Waals surface area contributed by atoms with E-state index in [1.54, 1.807) is 18.2 Å². The van der Waals surface area contributed by atoms with Gasteiger partial charge in [0.05, 0.1) is 17.2 Å². The summed E-state index contributed by atoms with van der Waals surface area (Å²) in [6.07, 6.45) is 0.332. The van der Waals surface area contributed by atoms with E-state index in [4.69, 9.17) is 28.6 Å². The highest BCUT2D eigenvalue weighted by molar-refractivity contribution is 7.80. The lowest BCUT2D eigenvalue weighted by atomic mass is 10.1. The second kappa shape index (κ2) is 5.43. The highest BCUT2D eigenvalue weighted by atomic mass is 35.5. The van der Waals surface area contributed by atoms with Gasteiger partial charge in [0.1, 0.15) is 10.7 Å². The van der Waals surface area contributed by atoms with Crippen molar-refractivity contribution in [1.82, 2.24) is 4.90 Å². The Morgan fingerprint density at radius 1 is 1.39 bits per heavy atom. The van der Waals surface area contributed by atoms with Crippen LogP contribution in [-0.4, -0.2) is 40.3 Å². The predicted octanol–water partition coefficient (Wildman–Crippen LogP) is 2.83. The Hall–Kier alpha value is -0.840. The number of benzene rings is 1. The zero-order valence-electron chi connectivity index (χ0n) is 10.4. The van der Waals surface area contributed by atoms with Gasteiger partial charge in [0.25, 0.3) is 0 Å². The molecule has 1 aromatic carbocycles. The minimum atomic E-state index is 0.0759. The zero-order valence-corrected chi connectivity index (χ0v) is 12.0. The maximum absolute atomic E-state index is 9.41. The van der Waals surface area contributed by atoms with Crippen molar-refractivity contribution in [1.29, 1.82) is 0 Å². The fourth-order valence-electron chi connectivity index (χ4n) is 2.17. The average Bonchev–Trinajstić information content (AvgIpc) is 2.30. The lowest BCUT2D eigenvalue weighted by Gasteiger charge is -2.37. The number of halogens is 1. The maximum Gasteiger partial charge on any atom is 0.134 e. The second-order valence-electron chi connectivity index (χ2n) is 4.63. The van der Waals surface area contributed by atoms with Gasteiger partial charge in [-0.15, -0.1) is 0 Å². The van der Waals surface area contributed by atoms with Crippen LogP contribution in [0.15, 0.2) is 18.2 Å². The van der Waals surface area contributed by atoms with Crippen LogP contribution < -0.4 is 0 Å². The molecule has 0 saturated carbocycles. The first-order valence-corrected chi connectivity index (χ1v) is 6.69. The quantitative estimate of drug-likeness (QED) is 0.805. The van der Waals surface area contributed by atoms with Crippen LogP contribution >= 0.6 is 23.8 Å². The van der Waals surface area contributed by atoms with E-state index < -0.39 is 0 Å². The summed E-state index contributed by atoms with van der Waals surface area (Å²) in [7, 11) is 0. The van der Waals surface area contributed by atoms with E-state index in [1.165, 1.54) is 0 Å². The number of phenols is 1. The average molecular weight is 286 g/mol. The molecule has 2 atom stereocenters. The molecule has 18 heavy (non-hydrogen) atoms. The largest absolute Gasteiger partial charge is 0.506 e. The Morgan fingerprint density at radius 2 is 2.00 bits per heavy atom. The summed E-state index contributed by atoms with van der Waals surface area (Å²) in [5.74, 6) is 0.0759. The highest BCUT2D eigenvalue weighted by Gasteiger charge is 2.24. The normalized spacial score (nSPS) is 24.1. The monoisotopic (exact) mass is 285 g/mol. The number of hydrogen-bond donors (Lipinski definition) is 1. The summed E-state index contributed by atoms with van der Waals surface area (Å²) >= 11 is 11.4. The molecule has 0 spiro atoms. The molecule has 0 aromatic heterocycles. The van der Waals surface area contributed by atoms with Crippen LogP contribution in [0.3, 0.4) is 0 Å². The molecular weight excluding hydrogens is 270 g/mol. The van der Waals surface area contributed by atoms with Gasteiger partial charge in [-0.1, -0.05) is 23.8 Å². The van der Waals surface area contributed by atoms with Crippen molar-refractivity contribution in [2.24, 2.45) is 0 Å². The fraction of sp³-hybridized carbons (Fsp3) is 0.462. The first-order chi connectivity index (χ1) is 8.47. The van der Waals surface area contributed by atoms with Crippen molar-refractivity contribution in [3.05, 3.63) is 28.8 Å². The molecule has 1 saturated heterocycles. The van der Waals surface area contributed by atoms with Crippen LogP contribution in [0.25, 0.3) is 0 Å². The predicted molar refractivity (Wildman–Crippen MR) is 76.4 cm³/mol. The van der Waals surface area contributed by atoms with Crippen molar-refractivity contribution in [3.63, 3.8) is 0 Å². The molecule has 0 unspecified atom stereocenters. The van der Waals surface area contributed by atoms with Crippen molar-refractivity contribution < 1.29 is 9.84 Å². The third-order valence-electron chi connectivity index (χ3n) is 2.90. The molecule has 0 bridgehead atoms. The number of rotatable bonds is 1. The van der Waals surface area contributed by atoms with Crippen LogP contribution in [0.1, 0.15) is 19.4 Å². The van der Waals surface area contributed by atoms with Gasteiger partial charge in [-0.3, -0.25) is 0 Å². The van der Waals surface area contributed by atoms with Crippen molar-refractivity contribution in [2.45, 2.75) is 26.1 Å². The van der Waals surface area contributed by atoms with E-state index in [1.807, 2.05) is 13.8 Å². The number of morpholine rings is 1. The van der Waals surface area contributed by atoms with Crippen LogP contribution in [-0.2, 0) is 4.74 Å². The van der Waals surface area contributed by atoms with E-state index in [2.05, 4.69) is 4.90 Å². The third-order valence-corrected chi connectivity index (χ3v) is 3.70. The summed E-state index contributed by atoms with van der Waals surface area (Å²) in [5.41, 5.74) is 0.856. The molecule has 3 nitrogen and oxygen atoms in total. The van der Waals surface area contributed by atoms with Crippen LogP contribution in [0.5, 0.6) is 5.75 Å². The van der Waals surface area contributed by atoms with E-state index >= 15 is 0 Å². The summed E-state index contributed by atoms with van der Waals surface area (Å²) < 4.78 is 5.68. The summed E-state index contributed by atoms with van der Waals surface area (Å²) in [6, 6.07) is 5.05. The second-order valence-corrected chi connectivity index (χ2v) is 5.43. The summed E-state index contributed by atoms with van der Waals surface area (Å²) in [6.45, 7) is 5.63. The lowest BCUT2D eigenvalue weighted by molar-refractivity contribution is -0.0472.